The molecule has 0 fully saturated rings. The highest BCUT2D eigenvalue weighted by atomic mass is 15.1. The summed E-state index contributed by atoms with van der Waals surface area (Å²) in [6, 6.07) is 0. The van der Waals surface area contributed by atoms with Crippen molar-refractivity contribution in [2.45, 2.75) is 40.5 Å². The van der Waals surface area contributed by atoms with Crippen molar-refractivity contribution >= 4 is 0 Å². The summed E-state index contributed by atoms with van der Waals surface area (Å²) in [5.74, 6) is 1.70. The lowest BCUT2D eigenvalue weighted by atomic mass is 9.95. The first-order valence-corrected chi connectivity index (χ1v) is 5.26. The van der Waals surface area contributed by atoms with Crippen LogP contribution in [0.2, 0.25) is 0 Å². The lowest BCUT2D eigenvalue weighted by Gasteiger charge is -2.20. The van der Waals surface area contributed by atoms with Gasteiger partial charge in [-0.1, -0.05) is 27.7 Å². The zero-order valence-electron chi connectivity index (χ0n) is 9.43. The van der Waals surface area contributed by atoms with Crippen LogP contribution in [-0.4, -0.2) is 25.0 Å². The zero-order chi connectivity index (χ0) is 9.56. The molecule has 0 aromatic rings. The van der Waals surface area contributed by atoms with Crippen molar-refractivity contribution in [1.29, 1.82) is 0 Å². The van der Waals surface area contributed by atoms with Crippen LogP contribution in [0.15, 0.2) is 0 Å². The van der Waals surface area contributed by atoms with E-state index in [9.17, 15) is 0 Å². The minimum atomic E-state index is 0.833. The Balaban J connectivity index is 3.40. The van der Waals surface area contributed by atoms with Gasteiger partial charge in [0.05, 0.1) is 0 Å². The molecule has 0 bridgehead atoms. The highest BCUT2D eigenvalue weighted by Crippen LogP contribution is 2.13. The number of hydrogen-bond donors (Lipinski definition) is 0. The van der Waals surface area contributed by atoms with Gasteiger partial charge in [-0.2, -0.15) is 0 Å². The molecule has 0 amide bonds. The molecule has 74 valence electrons. The van der Waals surface area contributed by atoms with Crippen LogP contribution in [0.25, 0.3) is 0 Å². The van der Waals surface area contributed by atoms with Crippen LogP contribution in [0.5, 0.6) is 0 Å². The van der Waals surface area contributed by atoms with Gasteiger partial charge in [0.15, 0.2) is 0 Å². The van der Waals surface area contributed by atoms with Crippen LogP contribution in [0, 0.1) is 11.8 Å². The van der Waals surface area contributed by atoms with E-state index < -0.39 is 0 Å². The van der Waals surface area contributed by atoms with E-state index >= 15 is 0 Å². The second-order valence-electron chi connectivity index (χ2n) is 4.31. The maximum Gasteiger partial charge on any atom is -0.00192 e. The van der Waals surface area contributed by atoms with Gasteiger partial charge >= 0.3 is 0 Å². The Morgan fingerprint density at radius 3 is 2.08 bits per heavy atom. The molecule has 0 aromatic carbocycles. The lowest BCUT2D eigenvalue weighted by Crippen LogP contribution is -2.23. The third kappa shape index (κ3) is 5.59. The quantitative estimate of drug-likeness (QED) is 0.594. The van der Waals surface area contributed by atoms with E-state index in [2.05, 4.69) is 39.6 Å². The first-order valence-electron chi connectivity index (χ1n) is 5.26. The Morgan fingerprint density at radius 2 is 1.67 bits per heavy atom. The molecule has 0 saturated carbocycles. The summed E-state index contributed by atoms with van der Waals surface area (Å²) < 4.78 is 0. The Hall–Kier alpha value is -0.0400. The maximum atomic E-state index is 2.43. The van der Waals surface area contributed by atoms with Gasteiger partial charge < -0.3 is 4.90 Å². The van der Waals surface area contributed by atoms with Crippen molar-refractivity contribution in [2.75, 3.05) is 20.1 Å². The minimum Gasteiger partial charge on any atom is -0.306 e. The molecule has 0 aliphatic rings. The SMILES string of the molecule is CCCN(C)CCC(C)C(C)C. The van der Waals surface area contributed by atoms with Gasteiger partial charge in [-0.25, -0.2) is 0 Å². The molecule has 1 atom stereocenters. The van der Waals surface area contributed by atoms with Crippen LogP contribution < -0.4 is 0 Å². The fraction of sp³-hybridized carbons (Fsp3) is 1.00. The molecule has 0 saturated heterocycles. The molecule has 0 rings (SSSR count). The Labute approximate surface area is 78.1 Å². The molecule has 0 radical (unpaired) electrons. The van der Waals surface area contributed by atoms with E-state index in [1.54, 1.807) is 0 Å². The van der Waals surface area contributed by atoms with Crippen molar-refractivity contribution in [3.8, 4) is 0 Å². The van der Waals surface area contributed by atoms with Crippen LogP contribution in [0.3, 0.4) is 0 Å². The second-order valence-corrected chi connectivity index (χ2v) is 4.31. The highest BCUT2D eigenvalue weighted by Gasteiger charge is 2.07. The van der Waals surface area contributed by atoms with Crippen LogP contribution >= 0.6 is 0 Å². The van der Waals surface area contributed by atoms with Gasteiger partial charge in [0.2, 0.25) is 0 Å². The summed E-state index contributed by atoms with van der Waals surface area (Å²) in [5.41, 5.74) is 0. The molecule has 1 heteroatoms. The highest BCUT2D eigenvalue weighted by molar-refractivity contribution is 4.60. The number of nitrogens with zero attached hydrogens (tertiary/aromatic N) is 1. The molecular formula is C11H25N. The van der Waals surface area contributed by atoms with Gasteiger partial charge in [0.1, 0.15) is 0 Å². The molecule has 12 heavy (non-hydrogen) atoms. The molecular weight excluding hydrogens is 146 g/mol. The largest absolute Gasteiger partial charge is 0.306 e. The van der Waals surface area contributed by atoms with E-state index in [1.165, 1.54) is 25.9 Å². The summed E-state index contributed by atoms with van der Waals surface area (Å²) in [6.45, 7) is 11.7. The first-order chi connectivity index (χ1) is 5.57. The second kappa shape index (κ2) is 6.47. The summed E-state index contributed by atoms with van der Waals surface area (Å²) in [5, 5.41) is 0. The van der Waals surface area contributed by atoms with Crippen molar-refractivity contribution in [3.05, 3.63) is 0 Å². The van der Waals surface area contributed by atoms with Gasteiger partial charge in [-0.15, -0.1) is 0 Å². The monoisotopic (exact) mass is 171 g/mol. The third-order valence-electron chi connectivity index (χ3n) is 2.71. The van der Waals surface area contributed by atoms with Crippen LogP contribution in [-0.2, 0) is 0 Å². The Morgan fingerprint density at radius 1 is 1.08 bits per heavy atom. The third-order valence-corrected chi connectivity index (χ3v) is 2.71. The zero-order valence-corrected chi connectivity index (χ0v) is 9.43. The molecule has 0 aliphatic heterocycles. The van der Waals surface area contributed by atoms with Crippen molar-refractivity contribution < 1.29 is 0 Å². The fourth-order valence-corrected chi connectivity index (χ4v) is 1.25. The summed E-state index contributed by atoms with van der Waals surface area (Å²) in [6.07, 6.45) is 2.61. The van der Waals surface area contributed by atoms with Gasteiger partial charge in [0, 0.05) is 0 Å². The fourth-order valence-electron chi connectivity index (χ4n) is 1.25. The predicted octanol–water partition coefficient (Wildman–Crippen LogP) is 3.01. The van der Waals surface area contributed by atoms with Crippen LogP contribution in [0.1, 0.15) is 40.5 Å². The molecule has 0 spiro atoms. The van der Waals surface area contributed by atoms with E-state index in [1.807, 2.05) is 0 Å². The molecule has 0 aliphatic carbocycles. The van der Waals surface area contributed by atoms with Crippen LogP contribution in [0.4, 0.5) is 0 Å². The van der Waals surface area contributed by atoms with E-state index in [0.717, 1.165) is 11.8 Å². The van der Waals surface area contributed by atoms with E-state index in [-0.39, 0.29) is 0 Å². The minimum absolute atomic E-state index is 0.833. The lowest BCUT2D eigenvalue weighted by molar-refractivity contribution is 0.280. The van der Waals surface area contributed by atoms with Crippen molar-refractivity contribution in [2.24, 2.45) is 11.8 Å². The Bertz CT molecular complexity index is 99.2. The van der Waals surface area contributed by atoms with E-state index in [4.69, 9.17) is 0 Å². The van der Waals surface area contributed by atoms with Gasteiger partial charge in [-0.3, -0.25) is 0 Å². The van der Waals surface area contributed by atoms with Crippen molar-refractivity contribution in [1.82, 2.24) is 4.90 Å². The average Bonchev–Trinajstić information content (AvgIpc) is 2.00. The summed E-state index contributed by atoms with van der Waals surface area (Å²) in [7, 11) is 2.22. The molecule has 1 nitrogen and oxygen atoms in total. The normalized spacial score (nSPS) is 14.2. The predicted molar refractivity (Wildman–Crippen MR) is 56.4 cm³/mol. The Kier molecular flexibility index (Phi) is 6.45. The smallest absolute Gasteiger partial charge is 0.00192 e. The standard InChI is InChI=1S/C11H25N/c1-6-8-12(5)9-7-11(4)10(2)3/h10-11H,6-9H2,1-5H3. The first kappa shape index (κ1) is 12.0. The maximum absolute atomic E-state index is 2.43. The summed E-state index contributed by atoms with van der Waals surface area (Å²) >= 11 is 0. The summed E-state index contributed by atoms with van der Waals surface area (Å²) in [4.78, 5) is 2.43. The molecule has 0 heterocycles. The topological polar surface area (TPSA) is 3.24 Å². The van der Waals surface area contributed by atoms with Gasteiger partial charge in [-0.05, 0) is 44.8 Å². The molecule has 0 N–H and O–H groups in total. The number of hydrogen-bond acceptors (Lipinski definition) is 1. The van der Waals surface area contributed by atoms with Crippen molar-refractivity contribution in [3.63, 3.8) is 0 Å². The average molecular weight is 171 g/mol. The van der Waals surface area contributed by atoms with E-state index in [0.29, 0.717) is 0 Å². The van der Waals surface area contributed by atoms with Gasteiger partial charge in [0.25, 0.3) is 0 Å². The molecule has 1 unspecified atom stereocenters. The number of rotatable bonds is 6. The molecule has 0 aromatic heterocycles.